The number of halogens is 1. The van der Waals surface area contributed by atoms with Crippen molar-refractivity contribution in [2.45, 2.75) is 37.6 Å². The van der Waals surface area contributed by atoms with Gasteiger partial charge in [0.05, 0.1) is 15.6 Å². The summed E-state index contributed by atoms with van der Waals surface area (Å²) in [5.41, 5.74) is 6.67. The van der Waals surface area contributed by atoms with Gasteiger partial charge < -0.3 is 10.5 Å². The highest BCUT2D eigenvalue weighted by Gasteiger charge is 2.26. The molecule has 0 saturated carbocycles. The molecular weight excluding hydrogens is 312 g/mol. The van der Waals surface area contributed by atoms with Gasteiger partial charge >= 0.3 is 0 Å². The van der Waals surface area contributed by atoms with Gasteiger partial charge in [-0.1, -0.05) is 11.6 Å². The van der Waals surface area contributed by atoms with Crippen molar-refractivity contribution < 1.29 is 13.2 Å². The van der Waals surface area contributed by atoms with Crippen LogP contribution in [0.15, 0.2) is 17.0 Å². The second-order valence-electron chi connectivity index (χ2n) is 5.50. The molecule has 118 valence electrons. The maximum absolute atomic E-state index is 12.5. The molecule has 0 bridgehead atoms. The fraction of sp³-hybridized carbons (Fsp3) is 0.571. The third-order valence-electron chi connectivity index (χ3n) is 3.88. The lowest BCUT2D eigenvalue weighted by atomic mass is 9.94. The van der Waals surface area contributed by atoms with Crippen molar-refractivity contribution in [1.82, 2.24) is 4.72 Å². The van der Waals surface area contributed by atoms with Gasteiger partial charge in [-0.25, -0.2) is 13.1 Å². The standard InChI is InChI=1S/C14H21ClN2O3S/c1-9-7-12(8-13(16)14(9)15)21(18,19)17-10(2)11-3-5-20-6-4-11/h7-8,10-11,17H,3-6,16H2,1-2H3. The predicted octanol–water partition coefficient (Wildman–Crippen LogP) is 2.32. The Morgan fingerprint density at radius 1 is 1.38 bits per heavy atom. The largest absolute Gasteiger partial charge is 0.397 e. The van der Waals surface area contributed by atoms with E-state index >= 15 is 0 Å². The van der Waals surface area contributed by atoms with Crippen LogP contribution in [0.5, 0.6) is 0 Å². The molecule has 1 aliphatic heterocycles. The lowest BCUT2D eigenvalue weighted by molar-refractivity contribution is 0.0585. The summed E-state index contributed by atoms with van der Waals surface area (Å²) >= 11 is 5.97. The zero-order chi connectivity index (χ0) is 15.6. The normalized spacial score (nSPS) is 18.6. The Balaban J connectivity index is 2.18. The molecular formula is C14H21ClN2O3S. The summed E-state index contributed by atoms with van der Waals surface area (Å²) < 4.78 is 33.0. The quantitative estimate of drug-likeness (QED) is 0.829. The fourth-order valence-electron chi connectivity index (χ4n) is 2.54. The van der Waals surface area contributed by atoms with E-state index in [0.29, 0.717) is 29.7 Å². The molecule has 3 N–H and O–H groups in total. The van der Waals surface area contributed by atoms with Crippen LogP contribution in [-0.4, -0.2) is 27.7 Å². The second kappa shape index (κ2) is 6.52. The first kappa shape index (κ1) is 16.5. The van der Waals surface area contributed by atoms with Gasteiger partial charge in [0.1, 0.15) is 0 Å². The van der Waals surface area contributed by atoms with Crippen molar-refractivity contribution in [3.63, 3.8) is 0 Å². The van der Waals surface area contributed by atoms with E-state index in [-0.39, 0.29) is 16.6 Å². The monoisotopic (exact) mass is 332 g/mol. The lowest BCUT2D eigenvalue weighted by Gasteiger charge is -2.28. The minimum Gasteiger partial charge on any atom is -0.397 e. The number of nitrogens with two attached hydrogens (primary N) is 1. The van der Waals surface area contributed by atoms with Gasteiger partial charge in [-0.2, -0.15) is 0 Å². The summed E-state index contributed by atoms with van der Waals surface area (Å²) in [4.78, 5) is 0.154. The lowest BCUT2D eigenvalue weighted by Crippen LogP contribution is -2.40. The number of sulfonamides is 1. The molecule has 0 aliphatic carbocycles. The molecule has 1 aromatic carbocycles. The molecule has 1 atom stereocenters. The number of anilines is 1. The van der Waals surface area contributed by atoms with Crippen LogP contribution in [0.3, 0.4) is 0 Å². The summed E-state index contributed by atoms with van der Waals surface area (Å²) in [5.74, 6) is 0.291. The van der Waals surface area contributed by atoms with E-state index in [1.165, 1.54) is 12.1 Å². The summed E-state index contributed by atoms with van der Waals surface area (Å²) in [6.45, 7) is 4.99. The fourth-order valence-corrected chi connectivity index (χ4v) is 4.08. The molecule has 1 aliphatic rings. The van der Waals surface area contributed by atoms with Crippen molar-refractivity contribution in [3.8, 4) is 0 Å². The number of aryl methyl sites for hydroxylation is 1. The molecule has 21 heavy (non-hydrogen) atoms. The van der Waals surface area contributed by atoms with Gasteiger partial charge in [-0.05, 0) is 50.3 Å². The number of nitrogens with one attached hydrogen (secondary N) is 1. The molecule has 1 saturated heterocycles. The first-order valence-electron chi connectivity index (χ1n) is 6.97. The number of hydrogen-bond donors (Lipinski definition) is 2. The molecule has 0 amide bonds. The Bertz CT molecular complexity index is 590. The average Bonchev–Trinajstić information content (AvgIpc) is 2.44. The predicted molar refractivity (Wildman–Crippen MR) is 83.9 cm³/mol. The zero-order valence-corrected chi connectivity index (χ0v) is 13.8. The number of rotatable bonds is 4. The average molecular weight is 333 g/mol. The van der Waals surface area contributed by atoms with Gasteiger partial charge in [0, 0.05) is 19.3 Å². The van der Waals surface area contributed by atoms with Crippen LogP contribution in [-0.2, 0) is 14.8 Å². The minimum atomic E-state index is -3.60. The molecule has 0 aromatic heterocycles. The summed E-state index contributed by atoms with van der Waals surface area (Å²) in [5, 5.41) is 0.395. The van der Waals surface area contributed by atoms with E-state index in [2.05, 4.69) is 4.72 Å². The molecule has 1 aromatic rings. The van der Waals surface area contributed by atoms with E-state index in [1.807, 2.05) is 6.92 Å². The summed E-state index contributed by atoms with van der Waals surface area (Å²) in [6.07, 6.45) is 1.73. The van der Waals surface area contributed by atoms with Crippen LogP contribution in [0.4, 0.5) is 5.69 Å². The minimum absolute atomic E-state index is 0.142. The molecule has 1 heterocycles. The van der Waals surface area contributed by atoms with Gasteiger partial charge in [0.2, 0.25) is 10.0 Å². The molecule has 0 radical (unpaired) electrons. The van der Waals surface area contributed by atoms with E-state index in [0.717, 1.165) is 12.8 Å². The highest BCUT2D eigenvalue weighted by atomic mass is 35.5. The molecule has 0 spiro atoms. The van der Waals surface area contributed by atoms with Crippen molar-refractivity contribution >= 4 is 27.3 Å². The van der Waals surface area contributed by atoms with Crippen molar-refractivity contribution in [3.05, 3.63) is 22.7 Å². The summed E-state index contributed by atoms with van der Waals surface area (Å²) in [7, 11) is -3.60. The Kier molecular flexibility index (Phi) is 5.14. The van der Waals surface area contributed by atoms with Crippen molar-refractivity contribution in [2.75, 3.05) is 18.9 Å². The maximum atomic E-state index is 12.5. The zero-order valence-electron chi connectivity index (χ0n) is 12.2. The highest BCUT2D eigenvalue weighted by Crippen LogP contribution is 2.27. The number of hydrogen-bond acceptors (Lipinski definition) is 4. The Morgan fingerprint density at radius 3 is 2.57 bits per heavy atom. The SMILES string of the molecule is Cc1cc(S(=O)(=O)NC(C)C2CCOCC2)cc(N)c1Cl. The van der Waals surface area contributed by atoms with E-state index in [9.17, 15) is 8.42 Å². The van der Waals surface area contributed by atoms with E-state index < -0.39 is 10.0 Å². The van der Waals surface area contributed by atoms with Crippen LogP contribution < -0.4 is 10.5 Å². The highest BCUT2D eigenvalue weighted by molar-refractivity contribution is 7.89. The molecule has 5 nitrogen and oxygen atoms in total. The first-order chi connectivity index (χ1) is 9.81. The smallest absolute Gasteiger partial charge is 0.240 e. The second-order valence-corrected chi connectivity index (χ2v) is 7.60. The van der Waals surface area contributed by atoms with Gasteiger partial charge in [-0.15, -0.1) is 0 Å². The third-order valence-corrected chi connectivity index (χ3v) is 5.94. The van der Waals surface area contributed by atoms with E-state index in [1.54, 1.807) is 6.92 Å². The van der Waals surface area contributed by atoms with Crippen LogP contribution in [0, 0.1) is 12.8 Å². The maximum Gasteiger partial charge on any atom is 0.240 e. The molecule has 2 rings (SSSR count). The number of nitrogen functional groups attached to an aromatic ring is 1. The van der Waals surface area contributed by atoms with Crippen molar-refractivity contribution in [1.29, 1.82) is 0 Å². The first-order valence-corrected chi connectivity index (χ1v) is 8.83. The van der Waals surface area contributed by atoms with Gasteiger partial charge in [0.15, 0.2) is 0 Å². The van der Waals surface area contributed by atoms with E-state index in [4.69, 9.17) is 22.1 Å². The van der Waals surface area contributed by atoms with Crippen LogP contribution in [0.2, 0.25) is 5.02 Å². The van der Waals surface area contributed by atoms with Gasteiger partial charge in [-0.3, -0.25) is 0 Å². The number of benzene rings is 1. The molecule has 1 fully saturated rings. The van der Waals surface area contributed by atoms with Crippen LogP contribution in [0.25, 0.3) is 0 Å². The molecule has 1 unspecified atom stereocenters. The third kappa shape index (κ3) is 3.88. The Morgan fingerprint density at radius 2 is 2.00 bits per heavy atom. The summed E-state index contributed by atoms with van der Waals surface area (Å²) in [6, 6.07) is 2.79. The van der Waals surface area contributed by atoms with Crippen molar-refractivity contribution in [2.24, 2.45) is 5.92 Å². The van der Waals surface area contributed by atoms with Crippen LogP contribution in [0.1, 0.15) is 25.3 Å². The Hall–Kier alpha value is -0.820. The molecule has 7 heteroatoms. The topological polar surface area (TPSA) is 81.4 Å². The van der Waals surface area contributed by atoms with Gasteiger partial charge in [0.25, 0.3) is 0 Å². The Labute approximate surface area is 130 Å². The van der Waals surface area contributed by atoms with Crippen LogP contribution >= 0.6 is 11.6 Å². The number of ether oxygens (including phenoxy) is 1.